The van der Waals surface area contributed by atoms with Crippen LogP contribution >= 0.6 is 0 Å². The van der Waals surface area contributed by atoms with Gasteiger partial charge in [-0.15, -0.1) is 0 Å². The van der Waals surface area contributed by atoms with Crippen molar-refractivity contribution >= 4 is 33.2 Å². The summed E-state index contributed by atoms with van der Waals surface area (Å²) in [6.07, 6.45) is 1.06. The Kier molecular flexibility index (Phi) is 5.76. The molecule has 0 heterocycles. The van der Waals surface area contributed by atoms with Gasteiger partial charge in [-0.1, -0.05) is 20.8 Å². The SMILES string of the molecule is C[C@@H](NC(=O)C(C)(C)C)C(=O)Nc1ccc(NS(C)(=O)=O)cc1. The van der Waals surface area contributed by atoms with E-state index in [0.29, 0.717) is 11.4 Å². The highest BCUT2D eigenvalue weighted by atomic mass is 32.2. The molecule has 0 fully saturated rings. The van der Waals surface area contributed by atoms with Crippen molar-refractivity contribution in [3.8, 4) is 0 Å². The van der Waals surface area contributed by atoms with Crippen LogP contribution in [0.1, 0.15) is 27.7 Å². The summed E-state index contributed by atoms with van der Waals surface area (Å²) >= 11 is 0. The number of anilines is 2. The number of sulfonamides is 1. The van der Waals surface area contributed by atoms with Gasteiger partial charge in [0.25, 0.3) is 0 Å². The van der Waals surface area contributed by atoms with Gasteiger partial charge in [-0.25, -0.2) is 8.42 Å². The van der Waals surface area contributed by atoms with Gasteiger partial charge in [0.15, 0.2) is 0 Å². The second-order valence-corrected chi connectivity index (χ2v) is 8.13. The monoisotopic (exact) mass is 341 g/mol. The molecule has 7 nitrogen and oxygen atoms in total. The molecule has 0 saturated heterocycles. The Morgan fingerprint density at radius 3 is 1.96 bits per heavy atom. The first-order chi connectivity index (χ1) is 10.4. The predicted molar refractivity (Wildman–Crippen MR) is 90.6 cm³/mol. The van der Waals surface area contributed by atoms with Crippen LogP contribution in [0.3, 0.4) is 0 Å². The summed E-state index contributed by atoms with van der Waals surface area (Å²) in [6.45, 7) is 6.89. The van der Waals surface area contributed by atoms with Crippen LogP contribution in [0.5, 0.6) is 0 Å². The molecule has 8 heteroatoms. The van der Waals surface area contributed by atoms with Crippen LogP contribution < -0.4 is 15.4 Å². The van der Waals surface area contributed by atoms with Crippen molar-refractivity contribution in [2.24, 2.45) is 5.41 Å². The molecule has 0 radical (unpaired) electrons. The van der Waals surface area contributed by atoms with E-state index in [1.165, 1.54) is 12.1 Å². The molecule has 1 aromatic carbocycles. The van der Waals surface area contributed by atoms with E-state index < -0.39 is 21.5 Å². The predicted octanol–water partition coefficient (Wildman–Crippen LogP) is 1.55. The lowest BCUT2D eigenvalue weighted by molar-refractivity contribution is -0.131. The summed E-state index contributed by atoms with van der Waals surface area (Å²) < 4.78 is 24.6. The second kappa shape index (κ2) is 6.99. The Hall–Kier alpha value is -2.09. The Bertz CT molecular complexity index is 676. The molecule has 1 aromatic rings. The molecular weight excluding hydrogens is 318 g/mol. The fourth-order valence-electron chi connectivity index (χ4n) is 1.56. The Balaban J connectivity index is 2.65. The van der Waals surface area contributed by atoms with Gasteiger partial charge in [-0.05, 0) is 31.2 Å². The smallest absolute Gasteiger partial charge is 0.246 e. The van der Waals surface area contributed by atoms with E-state index in [2.05, 4.69) is 15.4 Å². The lowest BCUT2D eigenvalue weighted by Gasteiger charge is -2.21. The Morgan fingerprint density at radius 2 is 1.52 bits per heavy atom. The third-order valence-electron chi connectivity index (χ3n) is 2.88. The van der Waals surface area contributed by atoms with Crippen LogP contribution in [-0.4, -0.2) is 32.5 Å². The van der Waals surface area contributed by atoms with E-state index in [9.17, 15) is 18.0 Å². The first-order valence-electron chi connectivity index (χ1n) is 7.08. The highest BCUT2D eigenvalue weighted by Gasteiger charge is 2.25. The van der Waals surface area contributed by atoms with Gasteiger partial charge in [0, 0.05) is 16.8 Å². The molecular formula is C15H23N3O4S. The van der Waals surface area contributed by atoms with Crippen LogP contribution in [0.4, 0.5) is 11.4 Å². The lowest BCUT2D eigenvalue weighted by Crippen LogP contribution is -2.46. The maximum absolute atomic E-state index is 12.1. The van der Waals surface area contributed by atoms with Crippen molar-refractivity contribution in [2.45, 2.75) is 33.7 Å². The molecule has 0 aliphatic rings. The fraction of sp³-hybridized carbons (Fsp3) is 0.467. The van der Waals surface area contributed by atoms with E-state index in [4.69, 9.17) is 0 Å². The third-order valence-corrected chi connectivity index (χ3v) is 3.48. The molecule has 1 rings (SSSR count). The lowest BCUT2D eigenvalue weighted by atomic mass is 9.95. The molecule has 3 N–H and O–H groups in total. The van der Waals surface area contributed by atoms with Crippen molar-refractivity contribution < 1.29 is 18.0 Å². The van der Waals surface area contributed by atoms with Gasteiger partial charge in [0.2, 0.25) is 21.8 Å². The van der Waals surface area contributed by atoms with Gasteiger partial charge >= 0.3 is 0 Å². The molecule has 0 unspecified atom stereocenters. The summed E-state index contributed by atoms with van der Waals surface area (Å²) in [7, 11) is -3.34. The van der Waals surface area contributed by atoms with Crippen molar-refractivity contribution in [1.29, 1.82) is 0 Å². The zero-order valence-electron chi connectivity index (χ0n) is 13.9. The van der Waals surface area contributed by atoms with Crippen molar-refractivity contribution in [3.63, 3.8) is 0 Å². The second-order valence-electron chi connectivity index (χ2n) is 6.39. The minimum absolute atomic E-state index is 0.215. The van der Waals surface area contributed by atoms with E-state index in [-0.39, 0.29) is 11.8 Å². The summed E-state index contributed by atoms with van der Waals surface area (Å²) in [4.78, 5) is 23.9. The van der Waals surface area contributed by atoms with Gasteiger partial charge in [0.05, 0.1) is 6.26 Å². The van der Waals surface area contributed by atoms with Crippen molar-refractivity contribution in [3.05, 3.63) is 24.3 Å². The largest absolute Gasteiger partial charge is 0.344 e. The van der Waals surface area contributed by atoms with E-state index >= 15 is 0 Å². The van der Waals surface area contributed by atoms with Gasteiger partial charge < -0.3 is 10.6 Å². The van der Waals surface area contributed by atoms with Crippen LogP contribution in [0.2, 0.25) is 0 Å². The molecule has 0 saturated carbocycles. The Labute approximate surface area is 136 Å². The maximum atomic E-state index is 12.1. The zero-order valence-corrected chi connectivity index (χ0v) is 14.7. The molecule has 0 aromatic heterocycles. The molecule has 0 bridgehead atoms. The fourth-order valence-corrected chi connectivity index (χ4v) is 2.13. The quantitative estimate of drug-likeness (QED) is 0.755. The number of nitrogens with one attached hydrogen (secondary N) is 3. The topological polar surface area (TPSA) is 104 Å². The first kappa shape index (κ1) is 19.0. The Morgan fingerprint density at radius 1 is 1.04 bits per heavy atom. The van der Waals surface area contributed by atoms with Gasteiger partial charge in [0.1, 0.15) is 6.04 Å². The van der Waals surface area contributed by atoms with Gasteiger partial charge in [-0.3, -0.25) is 14.3 Å². The number of carbonyl (C=O) groups is 2. The van der Waals surface area contributed by atoms with Crippen molar-refractivity contribution in [2.75, 3.05) is 16.3 Å². The number of benzene rings is 1. The summed E-state index contributed by atoms with van der Waals surface area (Å²) in [5.74, 6) is -0.570. The third kappa shape index (κ3) is 6.68. The maximum Gasteiger partial charge on any atom is 0.246 e. The molecule has 0 aliphatic carbocycles. The standard InChI is InChI=1S/C15H23N3O4S/c1-10(16-14(20)15(2,3)4)13(19)17-11-6-8-12(9-7-11)18-23(5,21)22/h6-10,18H,1-5H3,(H,16,20)(H,17,19)/t10-/m1/s1. The molecule has 0 spiro atoms. The highest BCUT2D eigenvalue weighted by molar-refractivity contribution is 7.92. The molecule has 23 heavy (non-hydrogen) atoms. The van der Waals surface area contributed by atoms with Gasteiger partial charge in [-0.2, -0.15) is 0 Å². The normalized spacial score (nSPS) is 13.1. The van der Waals surface area contributed by atoms with Crippen LogP contribution in [0.25, 0.3) is 0 Å². The number of hydrogen-bond donors (Lipinski definition) is 3. The average molecular weight is 341 g/mol. The number of carbonyl (C=O) groups excluding carboxylic acids is 2. The average Bonchev–Trinajstić information content (AvgIpc) is 2.38. The molecule has 0 aliphatic heterocycles. The molecule has 128 valence electrons. The minimum atomic E-state index is -3.34. The van der Waals surface area contributed by atoms with E-state index in [0.717, 1.165) is 6.26 Å². The van der Waals surface area contributed by atoms with E-state index in [1.54, 1.807) is 39.8 Å². The molecule has 2 amide bonds. The van der Waals surface area contributed by atoms with Crippen LogP contribution in [-0.2, 0) is 19.6 Å². The summed E-state index contributed by atoms with van der Waals surface area (Å²) in [5.41, 5.74) is 0.332. The highest BCUT2D eigenvalue weighted by Crippen LogP contribution is 2.15. The minimum Gasteiger partial charge on any atom is -0.344 e. The van der Waals surface area contributed by atoms with Crippen molar-refractivity contribution in [1.82, 2.24) is 5.32 Å². The summed E-state index contributed by atoms with van der Waals surface area (Å²) in [5, 5.41) is 5.30. The number of rotatable bonds is 5. The number of amides is 2. The summed E-state index contributed by atoms with van der Waals surface area (Å²) in [6, 6.07) is 5.54. The zero-order chi connectivity index (χ0) is 17.8. The first-order valence-corrected chi connectivity index (χ1v) is 8.97. The van der Waals surface area contributed by atoms with Crippen LogP contribution in [0, 0.1) is 5.41 Å². The van der Waals surface area contributed by atoms with E-state index in [1.807, 2.05) is 0 Å². The molecule has 1 atom stereocenters. The van der Waals surface area contributed by atoms with Crippen LogP contribution in [0.15, 0.2) is 24.3 Å². The number of hydrogen-bond acceptors (Lipinski definition) is 4.